The number of H-pyrrole nitrogens is 1. The Morgan fingerprint density at radius 1 is 1.18 bits per heavy atom. The van der Waals surface area contributed by atoms with Crippen molar-refractivity contribution in [2.45, 2.75) is 25.3 Å². The first kappa shape index (κ1) is 14.3. The maximum atomic E-state index is 12.5. The van der Waals surface area contributed by atoms with Gasteiger partial charge in [0.25, 0.3) is 5.91 Å². The summed E-state index contributed by atoms with van der Waals surface area (Å²) in [5, 5.41) is 12.1. The lowest BCUT2D eigenvalue weighted by Crippen LogP contribution is -2.41. The number of hydrogen-bond donors (Lipinski definition) is 3. The lowest BCUT2D eigenvalue weighted by atomic mass is 9.84. The van der Waals surface area contributed by atoms with E-state index in [0.29, 0.717) is 5.82 Å². The highest BCUT2D eigenvalue weighted by atomic mass is 16.2. The summed E-state index contributed by atoms with van der Waals surface area (Å²) in [5.41, 5.74) is 0.757. The summed E-state index contributed by atoms with van der Waals surface area (Å²) < 4.78 is 0. The van der Waals surface area contributed by atoms with Crippen LogP contribution in [0.2, 0.25) is 0 Å². The van der Waals surface area contributed by atoms with Crippen LogP contribution < -0.4 is 10.6 Å². The molecule has 1 saturated carbocycles. The minimum atomic E-state index is -0.711. The van der Waals surface area contributed by atoms with Gasteiger partial charge >= 0.3 is 0 Å². The molecule has 22 heavy (non-hydrogen) atoms. The molecule has 0 spiro atoms. The van der Waals surface area contributed by atoms with Gasteiger partial charge in [-0.3, -0.25) is 14.7 Å². The van der Waals surface area contributed by atoms with Crippen LogP contribution in [0.1, 0.15) is 30.9 Å². The Morgan fingerprint density at radius 3 is 2.55 bits per heavy atom. The number of amides is 2. The molecule has 3 N–H and O–H groups in total. The Kier molecular flexibility index (Phi) is 4.18. The summed E-state index contributed by atoms with van der Waals surface area (Å²) in [5.74, 6) is 0.193. The molecule has 2 amide bonds. The number of carbonyl (C=O) groups is 2. The molecule has 0 bridgehead atoms. The van der Waals surface area contributed by atoms with Crippen LogP contribution in [0.25, 0.3) is 0 Å². The average molecular weight is 298 g/mol. The van der Waals surface area contributed by atoms with Gasteiger partial charge in [-0.25, -0.2) is 0 Å². The van der Waals surface area contributed by atoms with Crippen LogP contribution in [-0.4, -0.2) is 22.0 Å². The fourth-order valence-electron chi connectivity index (χ4n) is 2.41. The fourth-order valence-corrected chi connectivity index (χ4v) is 2.41. The quantitative estimate of drug-likeness (QED) is 0.789. The van der Waals surface area contributed by atoms with E-state index in [2.05, 4.69) is 20.8 Å². The van der Waals surface area contributed by atoms with Crippen LogP contribution in [0.3, 0.4) is 0 Å². The number of carbonyl (C=O) groups excluding carboxylic acids is 2. The number of benzene rings is 1. The maximum Gasteiger partial charge on any atom is 0.252 e. The molecule has 1 fully saturated rings. The van der Waals surface area contributed by atoms with Gasteiger partial charge in [-0.1, -0.05) is 36.8 Å². The topological polar surface area (TPSA) is 86.9 Å². The molecule has 0 saturated heterocycles. The second kappa shape index (κ2) is 6.43. The minimum absolute atomic E-state index is 0.0335. The number of nitrogens with zero attached hydrogens (tertiary/aromatic N) is 1. The molecule has 114 valence electrons. The van der Waals surface area contributed by atoms with Gasteiger partial charge in [-0.15, -0.1) is 0 Å². The van der Waals surface area contributed by atoms with E-state index in [1.54, 1.807) is 12.3 Å². The van der Waals surface area contributed by atoms with Gasteiger partial charge < -0.3 is 10.6 Å². The molecule has 2 aromatic rings. The molecule has 1 heterocycles. The third-order valence-corrected chi connectivity index (χ3v) is 3.92. The zero-order valence-corrected chi connectivity index (χ0v) is 12.1. The number of aromatic amines is 1. The standard InChI is InChI=1S/C16H18N4O2/c21-15(12-7-4-8-12)19-14(11-5-2-1-3-6-11)16(22)18-13-9-10-17-20-13/h1-3,5-6,9-10,12,14H,4,7-8H2,(H,19,21)(H2,17,18,20,22)/t14-/m1/s1. The van der Waals surface area contributed by atoms with Gasteiger partial charge in [-0.05, 0) is 18.4 Å². The smallest absolute Gasteiger partial charge is 0.252 e. The Hall–Kier alpha value is -2.63. The summed E-state index contributed by atoms with van der Waals surface area (Å²) in [6.45, 7) is 0. The molecule has 1 aliphatic rings. The molecule has 0 unspecified atom stereocenters. The average Bonchev–Trinajstić information content (AvgIpc) is 2.96. The van der Waals surface area contributed by atoms with Crippen molar-refractivity contribution in [1.82, 2.24) is 15.5 Å². The molecule has 1 aliphatic carbocycles. The molecule has 0 aliphatic heterocycles. The van der Waals surface area contributed by atoms with Gasteiger partial charge in [-0.2, -0.15) is 5.10 Å². The molecular formula is C16H18N4O2. The van der Waals surface area contributed by atoms with Crippen LogP contribution in [-0.2, 0) is 9.59 Å². The molecule has 1 atom stereocenters. The zero-order chi connectivity index (χ0) is 15.4. The van der Waals surface area contributed by atoms with Crippen molar-refractivity contribution in [3.05, 3.63) is 48.2 Å². The van der Waals surface area contributed by atoms with Crippen molar-refractivity contribution in [3.63, 3.8) is 0 Å². The highest BCUT2D eigenvalue weighted by molar-refractivity contribution is 5.97. The summed E-state index contributed by atoms with van der Waals surface area (Å²) in [6.07, 6.45) is 4.43. The monoisotopic (exact) mass is 298 g/mol. The van der Waals surface area contributed by atoms with Gasteiger partial charge in [0.2, 0.25) is 5.91 Å². The van der Waals surface area contributed by atoms with Crippen LogP contribution in [0.5, 0.6) is 0 Å². The highest BCUT2D eigenvalue weighted by Crippen LogP contribution is 2.27. The summed E-state index contributed by atoms with van der Waals surface area (Å²) in [7, 11) is 0. The molecule has 1 aromatic carbocycles. The summed E-state index contributed by atoms with van der Waals surface area (Å²) >= 11 is 0. The predicted molar refractivity (Wildman–Crippen MR) is 81.9 cm³/mol. The van der Waals surface area contributed by atoms with E-state index >= 15 is 0 Å². The minimum Gasteiger partial charge on any atom is -0.340 e. The second-order valence-electron chi connectivity index (χ2n) is 5.44. The normalized spacial score (nSPS) is 15.6. The second-order valence-corrected chi connectivity index (χ2v) is 5.44. The molecule has 0 radical (unpaired) electrons. The Labute approximate surface area is 128 Å². The number of rotatable bonds is 5. The van der Waals surface area contributed by atoms with Crippen molar-refractivity contribution < 1.29 is 9.59 Å². The SMILES string of the molecule is O=C(N[C@@H](C(=O)Nc1ccn[nH]1)c1ccccc1)C1CCC1. The summed E-state index contributed by atoms with van der Waals surface area (Å²) in [4.78, 5) is 24.7. The van der Waals surface area contributed by atoms with Crippen molar-refractivity contribution in [1.29, 1.82) is 0 Å². The van der Waals surface area contributed by atoms with E-state index in [4.69, 9.17) is 0 Å². The van der Waals surface area contributed by atoms with Crippen molar-refractivity contribution in [2.24, 2.45) is 5.92 Å². The van der Waals surface area contributed by atoms with Crippen LogP contribution in [0, 0.1) is 5.92 Å². The van der Waals surface area contributed by atoms with E-state index in [1.807, 2.05) is 30.3 Å². The van der Waals surface area contributed by atoms with Gasteiger partial charge in [0, 0.05) is 12.0 Å². The predicted octanol–water partition coefficient (Wildman–Crippen LogP) is 2.01. The molecule has 1 aromatic heterocycles. The van der Waals surface area contributed by atoms with Crippen molar-refractivity contribution in [2.75, 3.05) is 5.32 Å². The number of hydrogen-bond acceptors (Lipinski definition) is 3. The number of anilines is 1. The molecule has 6 heteroatoms. The third-order valence-electron chi connectivity index (χ3n) is 3.92. The van der Waals surface area contributed by atoms with E-state index in [1.165, 1.54) is 0 Å². The van der Waals surface area contributed by atoms with Gasteiger partial charge in [0.15, 0.2) is 0 Å². The largest absolute Gasteiger partial charge is 0.340 e. The van der Waals surface area contributed by atoms with Gasteiger partial charge in [0.1, 0.15) is 11.9 Å². The fraction of sp³-hybridized carbons (Fsp3) is 0.312. The lowest BCUT2D eigenvalue weighted by molar-refractivity contribution is -0.131. The molecule has 6 nitrogen and oxygen atoms in total. The van der Waals surface area contributed by atoms with Crippen LogP contribution >= 0.6 is 0 Å². The maximum absolute atomic E-state index is 12.5. The number of aromatic nitrogens is 2. The van der Waals surface area contributed by atoms with Crippen LogP contribution in [0.15, 0.2) is 42.6 Å². The van der Waals surface area contributed by atoms with Crippen molar-refractivity contribution in [3.8, 4) is 0 Å². The number of nitrogens with one attached hydrogen (secondary N) is 3. The first-order valence-corrected chi connectivity index (χ1v) is 7.39. The Balaban J connectivity index is 1.76. The third kappa shape index (κ3) is 3.16. The van der Waals surface area contributed by atoms with Crippen LogP contribution in [0.4, 0.5) is 5.82 Å². The van der Waals surface area contributed by atoms with E-state index in [0.717, 1.165) is 24.8 Å². The molecular weight excluding hydrogens is 280 g/mol. The Morgan fingerprint density at radius 2 is 1.95 bits per heavy atom. The highest BCUT2D eigenvalue weighted by Gasteiger charge is 2.30. The Bertz CT molecular complexity index is 635. The van der Waals surface area contributed by atoms with Crippen molar-refractivity contribution >= 4 is 17.6 Å². The zero-order valence-electron chi connectivity index (χ0n) is 12.1. The first-order valence-electron chi connectivity index (χ1n) is 7.39. The van der Waals surface area contributed by atoms with Gasteiger partial charge in [0.05, 0.1) is 6.20 Å². The molecule has 3 rings (SSSR count). The first-order chi connectivity index (χ1) is 10.7. The van der Waals surface area contributed by atoms with E-state index in [9.17, 15) is 9.59 Å². The summed E-state index contributed by atoms with van der Waals surface area (Å²) in [6, 6.07) is 10.2. The lowest BCUT2D eigenvalue weighted by Gasteiger charge is -2.27. The van der Waals surface area contributed by atoms with E-state index in [-0.39, 0.29) is 17.7 Å². The van der Waals surface area contributed by atoms with E-state index < -0.39 is 6.04 Å².